The Balaban J connectivity index is 3.53. The van der Waals surface area contributed by atoms with Gasteiger partial charge in [0.1, 0.15) is 11.6 Å². The molecule has 1 rings (SSSR count). The second kappa shape index (κ2) is 3.67. The van der Waals surface area contributed by atoms with Crippen LogP contribution >= 0.6 is 15.9 Å². The maximum absolute atomic E-state index is 9.42. The van der Waals surface area contributed by atoms with E-state index in [2.05, 4.69) is 15.9 Å². The standard InChI is InChI=1S/C9H8BrNO2/c1-5-6(4-11)9(13-2)8(12)3-7(5)10/h3,12H,1-2H3. The number of hydrogen-bond donors (Lipinski definition) is 1. The number of nitrogens with zero attached hydrogens (tertiary/aromatic N) is 1. The lowest BCUT2D eigenvalue weighted by Gasteiger charge is -2.08. The summed E-state index contributed by atoms with van der Waals surface area (Å²) in [5.41, 5.74) is 1.12. The summed E-state index contributed by atoms with van der Waals surface area (Å²) in [7, 11) is 1.42. The van der Waals surface area contributed by atoms with Crippen molar-refractivity contribution in [3.8, 4) is 17.6 Å². The number of rotatable bonds is 1. The normalized spacial score (nSPS) is 9.38. The van der Waals surface area contributed by atoms with Gasteiger partial charge in [-0.25, -0.2) is 0 Å². The van der Waals surface area contributed by atoms with Crippen molar-refractivity contribution in [1.82, 2.24) is 0 Å². The van der Waals surface area contributed by atoms with Crippen LogP contribution in [0.1, 0.15) is 11.1 Å². The largest absolute Gasteiger partial charge is 0.504 e. The lowest BCUT2D eigenvalue weighted by molar-refractivity contribution is 0.371. The van der Waals surface area contributed by atoms with Gasteiger partial charge in [-0.3, -0.25) is 0 Å². The van der Waals surface area contributed by atoms with Gasteiger partial charge in [0, 0.05) is 4.47 Å². The molecule has 0 aromatic heterocycles. The molecule has 4 heteroatoms. The van der Waals surface area contributed by atoms with Crippen molar-refractivity contribution in [2.75, 3.05) is 7.11 Å². The minimum Gasteiger partial charge on any atom is -0.504 e. The molecule has 0 bridgehead atoms. The van der Waals surface area contributed by atoms with Crippen LogP contribution in [0.15, 0.2) is 10.5 Å². The number of phenolic OH excluding ortho intramolecular Hbond substituents is 1. The third kappa shape index (κ3) is 1.61. The summed E-state index contributed by atoms with van der Waals surface area (Å²) in [5.74, 6) is 0.194. The van der Waals surface area contributed by atoms with Gasteiger partial charge in [0.25, 0.3) is 0 Å². The van der Waals surface area contributed by atoms with E-state index >= 15 is 0 Å². The Hall–Kier alpha value is -1.21. The summed E-state index contributed by atoms with van der Waals surface area (Å²) in [6, 6.07) is 3.49. The van der Waals surface area contributed by atoms with Gasteiger partial charge in [-0.2, -0.15) is 5.26 Å². The van der Waals surface area contributed by atoms with E-state index < -0.39 is 0 Å². The van der Waals surface area contributed by atoms with Gasteiger partial charge in [-0.05, 0) is 18.6 Å². The number of hydrogen-bond acceptors (Lipinski definition) is 3. The maximum atomic E-state index is 9.42. The zero-order chi connectivity index (χ0) is 10.0. The second-order valence-corrected chi connectivity index (χ2v) is 3.38. The van der Waals surface area contributed by atoms with Crippen molar-refractivity contribution in [2.45, 2.75) is 6.92 Å². The number of methoxy groups -OCH3 is 1. The van der Waals surface area contributed by atoms with Crippen LogP contribution in [0.3, 0.4) is 0 Å². The summed E-state index contributed by atoms with van der Waals surface area (Å²) in [5, 5.41) is 18.2. The molecule has 0 spiro atoms. The van der Waals surface area contributed by atoms with Crippen LogP contribution in [0.25, 0.3) is 0 Å². The summed E-state index contributed by atoms with van der Waals surface area (Å²) >= 11 is 3.23. The van der Waals surface area contributed by atoms with Gasteiger partial charge in [0.2, 0.25) is 0 Å². The first-order valence-corrected chi connectivity index (χ1v) is 4.37. The Kier molecular flexibility index (Phi) is 2.79. The van der Waals surface area contributed by atoms with Crippen LogP contribution in [-0.2, 0) is 0 Å². The Morgan fingerprint density at radius 1 is 1.62 bits per heavy atom. The van der Waals surface area contributed by atoms with Crippen LogP contribution in [0.2, 0.25) is 0 Å². The summed E-state index contributed by atoms with van der Waals surface area (Å²) < 4.78 is 5.61. The highest BCUT2D eigenvalue weighted by Gasteiger charge is 2.13. The highest BCUT2D eigenvalue weighted by atomic mass is 79.9. The highest BCUT2D eigenvalue weighted by molar-refractivity contribution is 9.10. The van der Waals surface area contributed by atoms with Crippen molar-refractivity contribution in [1.29, 1.82) is 5.26 Å². The van der Waals surface area contributed by atoms with Crippen molar-refractivity contribution in [3.05, 3.63) is 21.7 Å². The molecule has 0 heterocycles. The molecular weight excluding hydrogens is 234 g/mol. The number of nitriles is 1. The van der Waals surface area contributed by atoms with Gasteiger partial charge >= 0.3 is 0 Å². The van der Waals surface area contributed by atoms with Crippen LogP contribution < -0.4 is 4.74 Å². The summed E-state index contributed by atoms with van der Waals surface area (Å²) in [6.45, 7) is 1.78. The summed E-state index contributed by atoms with van der Waals surface area (Å²) in [6.07, 6.45) is 0. The van der Waals surface area contributed by atoms with Gasteiger partial charge in [0.15, 0.2) is 11.5 Å². The molecule has 0 aliphatic carbocycles. The minimum absolute atomic E-state index is 0.0310. The molecule has 1 N–H and O–H groups in total. The van der Waals surface area contributed by atoms with Crippen molar-refractivity contribution >= 4 is 15.9 Å². The van der Waals surface area contributed by atoms with Crippen LogP contribution in [0.5, 0.6) is 11.5 Å². The van der Waals surface area contributed by atoms with Gasteiger partial charge in [0.05, 0.1) is 7.11 Å². The Morgan fingerprint density at radius 3 is 2.69 bits per heavy atom. The third-order valence-electron chi connectivity index (χ3n) is 1.77. The monoisotopic (exact) mass is 241 g/mol. The number of benzene rings is 1. The van der Waals surface area contributed by atoms with E-state index in [9.17, 15) is 5.11 Å². The fraction of sp³-hybridized carbons (Fsp3) is 0.222. The smallest absolute Gasteiger partial charge is 0.178 e. The number of halogens is 1. The minimum atomic E-state index is -0.0310. The van der Waals surface area contributed by atoms with Crippen molar-refractivity contribution < 1.29 is 9.84 Å². The molecule has 0 atom stereocenters. The SMILES string of the molecule is COc1c(O)cc(Br)c(C)c1C#N. The number of ether oxygens (including phenoxy) is 1. The van der Waals surface area contributed by atoms with Gasteiger partial charge in [-0.1, -0.05) is 15.9 Å². The van der Waals surface area contributed by atoms with Crippen LogP contribution in [0, 0.1) is 18.3 Å². The fourth-order valence-electron chi connectivity index (χ4n) is 1.05. The zero-order valence-corrected chi connectivity index (χ0v) is 8.84. The Morgan fingerprint density at radius 2 is 2.23 bits per heavy atom. The van der Waals surface area contributed by atoms with E-state index in [1.165, 1.54) is 13.2 Å². The molecule has 0 saturated carbocycles. The average molecular weight is 242 g/mol. The lowest BCUT2D eigenvalue weighted by atomic mass is 10.1. The molecule has 68 valence electrons. The molecule has 0 aliphatic rings. The first-order valence-electron chi connectivity index (χ1n) is 3.58. The predicted octanol–water partition coefficient (Wildman–Crippen LogP) is 2.34. The third-order valence-corrected chi connectivity index (χ3v) is 2.60. The molecule has 0 radical (unpaired) electrons. The molecule has 3 nitrogen and oxygen atoms in total. The predicted molar refractivity (Wildman–Crippen MR) is 51.8 cm³/mol. The van der Waals surface area contributed by atoms with E-state index in [0.717, 1.165) is 5.56 Å². The molecule has 0 amide bonds. The van der Waals surface area contributed by atoms with E-state index in [1.54, 1.807) is 6.92 Å². The maximum Gasteiger partial charge on any atom is 0.178 e. The number of phenols is 1. The zero-order valence-electron chi connectivity index (χ0n) is 7.26. The molecule has 0 saturated heterocycles. The highest BCUT2D eigenvalue weighted by Crippen LogP contribution is 2.36. The molecule has 1 aromatic carbocycles. The van der Waals surface area contributed by atoms with E-state index in [-0.39, 0.29) is 11.5 Å². The molecule has 13 heavy (non-hydrogen) atoms. The summed E-state index contributed by atoms with van der Waals surface area (Å²) in [4.78, 5) is 0. The second-order valence-electron chi connectivity index (χ2n) is 2.52. The molecule has 0 unspecified atom stereocenters. The van der Waals surface area contributed by atoms with Crippen molar-refractivity contribution in [3.63, 3.8) is 0 Å². The lowest BCUT2D eigenvalue weighted by Crippen LogP contribution is -1.92. The Bertz CT molecular complexity index is 382. The van der Waals surface area contributed by atoms with E-state index in [1.807, 2.05) is 6.07 Å². The molecular formula is C9H8BrNO2. The number of aromatic hydroxyl groups is 1. The van der Waals surface area contributed by atoms with E-state index in [4.69, 9.17) is 10.00 Å². The van der Waals surface area contributed by atoms with Crippen molar-refractivity contribution in [2.24, 2.45) is 0 Å². The van der Waals surface area contributed by atoms with Gasteiger partial charge < -0.3 is 9.84 Å². The van der Waals surface area contributed by atoms with E-state index in [0.29, 0.717) is 10.0 Å². The van der Waals surface area contributed by atoms with Crippen LogP contribution in [-0.4, -0.2) is 12.2 Å². The van der Waals surface area contributed by atoms with Gasteiger partial charge in [-0.15, -0.1) is 0 Å². The quantitative estimate of drug-likeness (QED) is 0.822. The molecule has 1 aromatic rings. The first kappa shape index (κ1) is 9.87. The molecule has 0 fully saturated rings. The topological polar surface area (TPSA) is 53.2 Å². The average Bonchev–Trinajstić information content (AvgIpc) is 2.10. The first-order chi connectivity index (χ1) is 6.11. The van der Waals surface area contributed by atoms with Crippen LogP contribution in [0.4, 0.5) is 0 Å². The Labute approximate surface area is 84.7 Å². The fourth-order valence-corrected chi connectivity index (χ4v) is 1.47. The molecule has 0 aliphatic heterocycles.